The molecule has 1 saturated heterocycles. The quantitative estimate of drug-likeness (QED) is 0.299. The third-order valence-corrected chi connectivity index (χ3v) is 5.33. The van der Waals surface area contributed by atoms with Crippen LogP contribution >= 0.6 is 24.0 Å². The van der Waals surface area contributed by atoms with Gasteiger partial charge in [0.05, 0.1) is 6.54 Å². The van der Waals surface area contributed by atoms with Crippen LogP contribution in [0.2, 0.25) is 0 Å². The minimum absolute atomic E-state index is 0. The minimum atomic E-state index is 0. The Morgan fingerprint density at radius 1 is 1.07 bits per heavy atom. The predicted octanol–water partition coefficient (Wildman–Crippen LogP) is 3.49. The Kier molecular flexibility index (Phi) is 8.12. The lowest BCUT2D eigenvalue weighted by Crippen LogP contribution is -2.44. The van der Waals surface area contributed by atoms with Crippen molar-refractivity contribution in [2.24, 2.45) is 4.99 Å². The van der Waals surface area contributed by atoms with Crippen LogP contribution in [0.4, 0.5) is 5.69 Å². The van der Waals surface area contributed by atoms with Crippen molar-refractivity contribution < 1.29 is 0 Å². The molecule has 0 bridgehead atoms. The van der Waals surface area contributed by atoms with Crippen molar-refractivity contribution in [3.63, 3.8) is 0 Å². The second-order valence-electron chi connectivity index (χ2n) is 7.31. The molecule has 6 nitrogen and oxygen atoms in total. The summed E-state index contributed by atoms with van der Waals surface area (Å²) in [6, 6.07) is 21.4. The highest BCUT2D eigenvalue weighted by atomic mass is 127. The topological polar surface area (TPSA) is 57.5 Å². The van der Waals surface area contributed by atoms with Gasteiger partial charge in [0.2, 0.25) is 0 Å². The highest BCUT2D eigenvalue weighted by Crippen LogP contribution is 2.19. The summed E-state index contributed by atoms with van der Waals surface area (Å²) in [5, 5.41) is 11.4. The van der Waals surface area contributed by atoms with E-state index in [-0.39, 0.29) is 24.0 Å². The molecule has 2 aromatic carbocycles. The number of para-hydroxylation sites is 1. The molecule has 4 rings (SSSR count). The summed E-state index contributed by atoms with van der Waals surface area (Å²) in [5.74, 6) is 0.846. The molecule has 1 aliphatic rings. The van der Waals surface area contributed by atoms with Crippen LogP contribution in [0.15, 0.2) is 78.0 Å². The highest BCUT2D eigenvalue weighted by molar-refractivity contribution is 14.0. The van der Waals surface area contributed by atoms with Gasteiger partial charge in [-0.1, -0.05) is 42.5 Å². The van der Waals surface area contributed by atoms with E-state index in [0.29, 0.717) is 6.04 Å². The van der Waals surface area contributed by atoms with Gasteiger partial charge >= 0.3 is 0 Å². The first kappa shape index (κ1) is 22.1. The maximum atomic E-state index is 4.43. The van der Waals surface area contributed by atoms with Crippen molar-refractivity contribution in [1.29, 1.82) is 0 Å². The maximum absolute atomic E-state index is 4.43. The smallest absolute Gasteiger partial charge is 0.191 e. The molecule has 0 saturated carbocycles. The largest absolute Gasteiger partial charge is 0.369 e. The number of aliphatic imine (C=N–C) groups is 1. The van der Waals surface area contributed by atoms with Gasteiger partial charge < -0.3 is 15.5 Å². The van der Waals surface area contributed by atoms with Crippen LogP contribution in [-0.4, -0.2) is 41.9 Å². The van der Waals surface area contributed by atoms with Gasteiger partial charge in [-0.25, -0.2) is 0 Å². The Labute approximate surface area is 195 Å². The van der Waals surface area contributed by atoms with E-state index in [1.54, 1.807) is 0 Å². The van der Waals surface area contributed by atoms with Gasteiger partial charge in [0.15, 0.2) is 5.96 Å². The van der Waals surface area contributed by atoms with Crippen LogP contribution in [0.25, 0.3) is 0 Å². The van der Waals surface area contributed by atoms with Crippen LogP contribution < -0.4 is 15.5 Å². The molecule has 1 atom stereocenters. The molecule has 3 aromatic rings. The number of nitrogens with zero attached hydrogens (tertiary/aromatic N) is 4. The monoisotopic (exact) mass is 516 g/mol. The van der Waals surface area contributed by atoms with Crippen LogP contribution in [0.1, 0.15) is 17.5 Å². The Balaban J connectivity index is 0.00000256. The molecule has 7 heteroatoms. The Morgan fingerprint density at radius 2 is 1.83 bits per heavy atom. The fourth-order valence-corrected chi connectivity index (χ4v) is 3.77. The molecule has 2 N–H and O–H groups in total. The van der Waals surface area contributed by atoms with Gasteiger partial charge in [0.25, 0.3) is 0 Å². The van der Waals surface area contributed by atoms with Crippen LogP contribution in [0.3, 0.4) is 0 Å². The van der Waals surface area contributed by atoms with Crippen molar-refractivity contribution in [2.45, 2.75) is 25.6 Å². The predicted molar refractivity (Wildman–Crippen MR) is 134 cm³/mol. The zero-order valence-corrected chi connectivity index (χ0v) is 19.6. The molecule has 1 aromatic heterocycles. The number of rotatable bonds is 6. The average Bonchev–Trinajstić information content (AvgIpc) is 3.45. The number of nitrogens with one attached hydrogen (secondary N) is 2. The van der Waals surface area contributed by atoms with E-state index >= 15 is 0 Å². The number of anilines is 1. The van der Waals surface area contributed by atoms with Crippen LogP contribution in [0.5, 0.6) is 0 Å². The first-order valence-electron chi connectivity index (χ1n) is 10.1. The lowest BCUT2D eigenvalue weighted by atomic mass is 10.1. The van der Waals surface area contributed by atoms with E-state index in [2.05, 4.69) is 80.2 Å². The Bertz CT molecular complexity index is 926. The Hall–Kier alpha value is -2.55. The molecule has 0 radical (unpaired) electrons. The Morgan fingerprint density at radius 3 is 2.57 bits per heavy atom. The van der Waals surface area contributed by atoms with Gasteiger partial charge in [0.1, 0.15) is 0 Å². The van der Waals surface area contributed by atoms with Crippen LogP contribution in [0, 0.1) is 0 Å². The van der Waals surface area contributed by atoms with Gasteiger partial charge in [-0.05, 0) is 35.7 Å². The molecule has 1 fully saturated rings. The summed E-state index contributed by atoms with van der Waals surface area (Å²) in [5.41, 5.74) is 3.80. The number of benzene rings is 2. The van der Waals surface area contributed by atoms with Gasteiger partial charge in [-0.15, -0.1) is 24.0 Å². The van der Waals surface area contributed by atoms with E-state index in [1.165, 1.54) is 16.8 Å². The number of guanidine groups is 1. The second kappa shape index (κ2) is 11.0. The van der Waals surface area contributed by atoms with Crippen molar-refractivity contribution >= 4 is 35.6 Å². The van der Waals surface area contributed by atoms with Gasteiger partial charge in [-0.2, -0.15) is 5.10 Å². The standard InChI is InChI=1S/C23H28N6.HI/c1-24-23(27-21-12-15-28(18-21)22-10-3-2-4-11-22)25-16-19-8-5-6-9-20(19)17-29-14-7-13-26-29;/h2-11,13-14,21H,12,15-18H2,1H3,(H2,24,25,27);1H. The SMILES string of the molecule is CN=C(NCc1ccccc1Cn1cccn1)NC1CCN(c2ccccc2)C1.I. The zero-order valence-electron chi connectivity index (χ0n) is 17.2. The van der Waals surface area contributed by atoms with Crippen LogP contribution in [-0.2, 0) is 13.1 Å². The third-order valence-electron chi connectivity index (χ3n) is 5.33. The first-order chi connectivity index (χ1) is 14.3. The van der Waals surface area contributed by atoms with E-state index in [1.807, 2.05) is 30.2 Å². The van der Waals surface area contributed by atoms with Gasteiger partial charge in [0, 0.05) is 50.8 Å². The second-order valence-corrected chi connectivity index (χ2v) is 7.31. The summed E-state index contributed by atoms with van der Waals surface area (Å²) in [6.45, 7) is 3.55. The summed E-state index contributed by atoms with van der Waals surface area (Å²) in [6.07, 6.45) is 4.90. The van der Waals surface area contributed by atoms with Crippen molar-refractivity contribution in [3.05, 3.63) is 84.2 Å². The summed E-state index contributed by atoms with van der Waals surface area (Å²) < 4.78 is 1.95. The number of aromatic nitrogens is 2. The molecule has 30 heavy (non-hydrogen) atoms. The summed E-state index contributed by atoms with van der Waals surface area (Å²) in [7, 11) is 1.83. The lowest BCUT2D eigenvalue weighted by Gasteiger charge is -2.20. The van der Waals surface area contributed by atoms with Crippen molar-refractivity contribution in [2.75, 3.05) is 25.0 Å². The average molecular weight is 516 g/mol. The third kappa shape index (κ3) is 5.75. The molecule has 0 amide bonds. The molecule has 2 heterocycles. The van der Waals surface area contributed by atoms with Crippen molar-refractivity contribution in [3.8, 4) is 0 Å². The molecule has 1 unspecified atom stereocenters. The molecular weight excluding hydrogens is 487 g/mol. The highest BCUT2D eigenvalue weighted by Gasteiger charge is 2.23. The molecule has 0 spiro atoms. The fraction of sp³-hybridized carbons (Fsp3) is 0.304. The zero-order chi connectivity index (χ0) is 19.9. The molecule has 0 aliphatic carbocycles. The number of halogens is 1. The van der Waals surface area contributed by atoms with E-state index in [9.17, 15) is 0 Å². The minimum Gasteiger partial charge on any atom is -0.369 e. The fourth-order valence-electron chi connectivity index (χ4n) is 3.77. The number of hydrogen-bond acceptors (Lipinski definition) is 3. The normalized spacial score (nSPS) is 16.2. The maximum Gasteiger partial charge on any atom is 0.191 e. The molecule has 158 valence electrons. The number of hydrogen-bond donors (Lipinski definition) is 2. The summed E-state index contributed by atoms with van der Waals surface area (Å²) >= 11 is 0. The molecule has 1 aliphatic heterocycles. The van der Waals surface area contributed by atoms with Gasteiger partial charge in [-0.3, -0.25) is 9.67 Å². The van der Waals surface area contributed by atoms with E-state index < -0.39 is 0 Å². The summed E-state index contributed by atoms with van der Waals surface area (Å²) in [4.78, 5) is 6.85. The lowest BCUT2D eigenvalue weighted by molar-refractivity contribution is 0.645. The van der Waals surface area contributed by atoms with E-state index in [4.69, 9.17) is 0 Å². The molecular formula is C23H29IN6. The first-order valence-corrected chi connectivity index (χ1v) is 10.1. The van der Waals surface area contributed by atoms with Crippen molar-refractivity contribution in [1.82, 2.24) is 20.4 Å². The van der Waals surface area contributed by atoms with E-state index in [0.717, 1.165) is 38.6 Å².